The first-order chi connectivity index (χ1) is 6.24. The summed E-state index contributed by atoms with van der Waals surface area (Å²) in [5, 5.41) is 16.6. The fourth-order valence-electron chi connectivity index (χ4n) is 1.01. The Morgan fingerprint density at radius 2 is 1.69 bits per heavy atom. The molecule has 5 nitrogen and oxygen atoms in total. The number of hydrogen-bond donors (Lipinski definition) is 2. The van der Waals surface area contributed by atoms with Crippen LogP contribution in [-0.2, 0) is 33.5 Å². The predicted molar refractivity (Wildman–Crippen MR) is 40.9 cm³/mol. The molecule has 0 unspecified atom stereocenters. The van der Waals surface area contributed by atoms with Gasteiger partial charge in [-0.1, -0.05) is 13.8 Å². The van der Waals surface area contributed by atoms with E-state index in [1.807, 2.05) is 13.8 Å². The predicted octanol–water partition coefficient (Wildman–Crippen LogP) is 1.79. The van der Waals surface area contributed by atoms with E-state index in [0.29, 0.717) is 19.3 Å². The molecule has 0 saturated heterocycles. The Bertz CT molecular complexity index is 98.8. The fourth-order valence-corrected chi connectivity index (χ4v) is 1.01. The van der Waals surface area contributed by atoms with Gasteiger partial charge in [0.25, 0.3) is 0 Å². The molecule has 0 aromatic rings. The van der Waals surface area contributed by atoms with Crippen LogP contribution in [0.3, 0.4) is 0 Å². The minimum absolute atomic E-state index is 0.183. The molecule has 0 amide bonds. The van der Waals surface area contributed by atoms with E-state index in [4.69, 9.17) is 13.8 Å². The average Bonchev–Trinajstić information content (AvgIpc) is 2.24. The Balaban J connectivity index is 0. The van der Waals surface area contributed by atoms with Gasteiger partial charge in [0.05, 0.1) is 6.61 Å². The van der Waals surface area contributed by atoms with Gasteiger partial charge in [-0.2, -0.15) is 0 Å². The second-order valence-corrected chi connectivity index (χ2v) is 2.56. The van der Waals surface area contributed by atoms with Crippen LogP contribution in [-0.4, -0.2) is 22.7 Å². The molecule has 0 bridgehead atoms. The maximum absolute atomic E-state index is 8.57. The van der Waals surface area contributed by atoms with Crippen molar-refractivity contribution >= 4 is 0 Å². The molecule has 0 heterocycles. The standard InChI is InChI=1S/C7H16O4.O.Ti/c1-3-7(4-2,11-9)5-6-10-8;;/h8-9H,3-6H2,1-2H3;;. The zero-order valence-electron chi connectivity index (χ0n) is 7.95. The molecule has 13 heavy (non-hydrogen) atoms. The molecule has 0 aliphatic carbocycles. The topological polar surface area (TPSA) is 76.0 Å². The summed E-state index contributed by atoms with van der Waals surface area (Å²) in [6, 6.07) is 0. The van der Waals surface area contributed by atoms with Crippen molar-refractivity contribution in [3.63, 3.8) is 0 Å². The van der Waals surface area contributed by atoms with Gasteiger partial charge in [-0.05, 0) is 12.8 Å². The summed E-state index contributed by atoms with van der Waals surface area (Å²) in [5.74, 6) is 0. The molecule has 0 aromatic heterocycles. The zero-order valence-corrected chi connectivity index (χ0v) is 9.51. The van der Waals surface area contributed by atoms with Crippen molar-refractivity contribution in [1.29, 1.82) is 0 Å². The molecule has 0 atom stereocenters. The fraction of sp³-hybridized carbons (Fsp3) is 1.00. The van der Waals surface area contributed by atoms with Gasteiger partial charge in [0, 0.05) is 6.42 Å². The van der Waals surface area contributed by atoms with Crippen molar-refractivity contribution in [3.05, 3.63) is 0 Å². The Labute approximate surface area is 89.6 Å². The molecule has 0 aromatic carbocycles. The summed E-state index contributed by atoms with van der Waals surface area (Å²) in [7, 11) is 0. The molecule has 0 radical (unpaired) electrons. The third kappa shape index (κ3) is 6.43. The van der Waals surface area contributed by atoms with Gasteiger partial charge in [-0.3, -0.25) is 10.5 Å². The van der Waals surface area contributed by atoms with Gasteiger partial charge < -0.3 is 0 Å². The summed E-state index contributed by atoms with van der Waals surface area (Å²) in [5.41, 5.74) is -0.553. The maximum atomic E-state index is 8.57. The van der Waals surface area contributed by atoms with Gasteiger partial charge in [-0.15, -0.1) is 0 Å². The summed E-state index contributed by atoms with van der Waals surface area (Å²) in [6.45, 7) is 4.01. The third-order valence-electron chi connectivity index (χ3n) is 2.13. The summed E-state index contributed by atoms with van der Waals surface area (Å²) in [6.07, 6.45) is 1.89. The van der Waals surface area contributed by atoms with Crippen molar-refractivity contribution in [2.75, 3.05) is 6.61 Å². The molecule has 0 fully saturated rings. The van der Waals surface area contributed by atoms with Gasteiger partial charge in [-0.25, -0.2) is 9.78 Å². The van der Waals surface area contributed by atoms with Crippen LogP contribution in [0, 0.1) is 0 Å². The molecular weight excluding hydrogens is 212 g/mol. The van der Waals surface area contributed by atoms with E-state index in [1.54, 1.807) is 0 Å². The molecule has 0 aliphatic heterocycles. The van der Waals surface area contributed by atoms with Crippen molar-refractivity contribution in [1.82, 2.24) is 0 Å². The van der Waals surface area contributed by atoms with Crippen LogP contribution in [0.15, 0.2) is 0 Å². The van der Waals surface area contributed by atoms with Gasteiger partial charge >= 0.3 is 23.7 Å². The van der Waals surface area contributed by atoms with E-state index >= 15 is 0 Å². The quantitative estimate of drug-likeness (QED) is 0.411. The summed E-state index contributed by atoms with van der Waals surface area (Å²) in [4.78, 5) is 8.26. The third-order valence-corrected chi connectivity index (χ3v) is 2.13. The Kier molecular flexibility index (Phi) is 12.7. The Morgan fingerprint density at radius 3 is 1.92 bits per heavy atom. The van der Waals surface area contributed by atoms with E-state index in [-0.39, 0.29) is 6.61 Å². The van der Waals surface area contributed by atoms with Crippen LogP contribution in [0.25, 0.3) is 0 Å². The summed E-state index contributed by atoms with van der Waals surface area (Å²) < 4.78 is 8.25. The first kappa shape index (κ1) is 15.8. The average molecular weight is 228 g/mol. The Morgan fingerprint density at radius 1 is 1.23 bits per heavy atom. The molecule has 0 aliphatic rings. The molecule has 0 spiro atoms. The van der Waals surface area contributed by atoms with Crippen LogP contribution in [0.2, 0.25) is 0 Å². The molecular formula is C7H16O5Ti. The van der Waals surface area contributed by atoms with Crippen LogP contribution in [0.4, 0.5) is 0 Å². The zero-order chi connectivity index (χ0) is 10.7. The second-order valence-electron chi connectivity index (χ2n) is 2.56. The van der Waals surface area contributed by atoms with Crippen LogP contribution in [0.1, 0.15) is 33.1 Å². The monoisotopic (exact) mass is 228 g/mol. The first-order valence-corrected chi connectivity index (χ1v) is 4.67. The minimum atomic E-state index is -0.553. The van der Waals surface area contributed by atoms with Crippen molar-refractivity contribution in [3.8, 4) is 0 Å². The van der Waals surface area contributed by atoms with Gasteiger partial charge in [0.1, 0.15) is 5.60 Å². The van der Waals surface area contributed by atoms with Gasteiger partial charge in [0.2, 0.25) is 0 Å². The van der Waals surface area contributed by atoms with E-state index in [9.17, 15) is 0 Å². The van der Waals surface area contributed by atoms with E-state index in [2.05, 4.69) is 9.78 Å². The molecule has 0 saturated carbocycles. The second kappa shape index (κ2) is 10.4. The molecule has 2 N–H and O–H groups in total. The van der Waals surface area contributed by atoms with Crippen molar-refractivity contribution < 1.29 is 44.0 Å². The van der Waals surface area contributed by atoms with Crippen molar-refractivity contribution in [2.45, 2.75) is 38.7 Å². The first-order valence-electron chi connectivity index (χ1n) is 4.04. The van der Waals surface area contributed by atoms with Crippen LogP contribution < -0.4 is 0 Å². The van der Waals surface area contributed by atoms with Crippen LogP contribution >= 0.6 is 0 Å². The van der Waals surface area contributed by atoms with E-state index in [0.717, 1.165) is 20.4 Å². The number of rotatable bonds is 6. The molecule has 78 valence electrons. The molecule has 6 heteroatoms. The SMILES string of the molecule is CCC(CC)(CCOO)OO.[O]=[Ti]. The van der Waals surface area contributed by atoms with E-state index in [1.165, 1.54) is 0 Å². The normalized spacial score (nSPS) is 10.4. The van der Waals surface area contributed by atoms with E-state index < -0.39 is 5.60 Å². The van der Waals surface area contributed by atoms with Gasteiger partial charge in [0.15, 0.2) is 0 Å². The van der Waals surface area contributed by atoms with Crippen molar-refractivity contribution in [2.24, 2.45) is 0 Å². The Hall–Kier alpha value is 0.354. The molecule has 0 rings (SSSR count). The van der Waals surface area contributed by atoms with Crippen LogP contribution in [0.5, 0.6) is 0 Å². The number of hydrogen-bond acceptors (Lipinski definition) is 5. The summed E-state index contributed by atoms with van der Waals surface area (Å²) >= 11 is 0.750.